The Bertz CT molecular complexity index is 804. The molecule has 3 nitrogen and oxygen atoms in total. The molecular weight excluding hydrogens is 386 g/mol. The first kappa shape index (κ1) is 21.2. The third kappa shape index (κ3) is 4.90. The van der Waals surface area contributed by atoms with Crippen LogP contribution in [0.3, 0.4) is 0 Å². The zero-order chi connectivity index (χ0) is 20.3. The summed E-state index contributed by atoms with van der Waals surface area (Å²) in [4.78, 5) is 0. The van der Waals surface area contributed by atoms with Gasteiger partial charge in [0.15, 0.2) is 0 Å². The molecule has 0 radical (unpaired) electrons. The van der Waals surface area contributed by atoms with Crippen molar-refractivity contribution in [1.82, 2.24) is 0 Å². The number of rotatable bonds is 6. The summed E-state index contributed by atoms with van der Waals surface area (Å²) in [6, 6.07) is 7.97. The van der Waals surface area contributed by atoms with E-state index >= 15 is 0 Å². The number of aryl methyl sites for hydroxylation is 1. The Morgan fingerprint density at radius 1 is 1.14 bits per heavy atom. The minimum atomic E-state index is -0.574. The van der Waals surface area contributed by atoms with E-state index in [1.165, 1.54) is 12.1 Å². The molecule has 1 saturated heterocycles. The van der Waals surface area contributed by atoms with Crippen molar-refractivity contribution in [3.63, 3.8) is 0 Å². The molecule has 1 unspecified atom stereocenters. The fourth-order valence-corrected chi connectivity index (χ4v) is 3.89. The van der Waals surface area contributed by atoms with Crippen LogP contribution in [0.2, 0.25) is 5.02 Å². The van der Waals surface area contributed by atoms with Crippen LogP contribution in [0.1, 0.15) is 54.5 Å². The van der Waals surface area contributed by atoms with Gasteiger partial charge in [0, 0.05) is 29.8 Å². The molecule has 0 bridgehead atoms. The minimum Gasteiger partial charge on any atom is -0.394 e. The first-order chi connectivity index (χ1) is 13.4. The first-order valence-corrected chi connectivity index (χ1v) is 9.98. The summed E-state index contributed by atoms with van der Waals surface area (Å²) in [5, 5.41) is 19.8. The SMILES string of the molecule is CCCc1cc(F)c(Cc2cc([C@H]3CC(O)C[C@@H](CO)O3)ccc2Cl)c(F)c1. The van der Waals surface area contributed by atoms with Crippen molar-refractivity contribution < 1.29 is 23.7 Å². The molecule has 0 amide bonds. The summed E-state index contributed by atoms with van der Waals surface area (Å²) in [6.07, 6.45) is 0.824. The van der Waals surface area contributed by atoms with E-state index in [0.29, 0.717) is 35.4 Å². The molecule has 28 heavy (non-hydrogen) atoms. The fraction of sp³-hybridized carbons (Fsp3) is 0.455. The largest absolute Gasteiger partial charge is 0.394 e. The number of benzene rings is 2. The molecule has 1 aliphatic rings. The predicted molar refractivity (Wildman–Crippen MR) is 105 cm³/mol. The van der Waals surface area contributed by atoms with E-state index in [1.54, 1.807) is 18.2 Å². The molecule has 0 aliphatic carbocycles. The maximum Gasteiger partial charge on any atom is 0.129 e. The standard InChI is InChI=1S/C22H25ClF2O3/c1-2-3-13-6-20(24)18(21(25)7-13)9-15-8-14(4-5-19(15)23)22-11-16(27)10-17(12-26)28-22/h4-8,16-17,22,26-27H,2-3,9-12H2,1H3/t16?,17-,22+/m0/s1. The number of hydrogen-bond acceptors (Lipinski definition) is 3. The maximum atomic E-state index is 14.5. The van der Waals surface area contributed by atoms with Crippen LogP contribution in [0.25, 0.3) is 0 Å². The first-order valence-electron chi connectivity index (χ1n) is 9.60. The van der Waals surface area contributed by atoms with Crippen LogP contribution >= 0.6 is 11.6 Å². The molecule has 2 N–H and O–H groups in total. The molecule has 0 spiro atoms. The molecule has 0 saturated carbocycles. The van der Waals surface area contributed by atoms with Crippen molar-refractivity contribution in [3.8, 4) is 0 Å². The van der Waals surface area contributed by atoms with Gasteiger partial charge in [0.1, 0.15) is 11.6 Å². The van der Waals surface area contributed by atoms with Crippen LogP contribution in [0, 0.1) is 11.6 Å². The van der Waals surface area contributed by atoms with Crippen LogP contribution < -0.4 is 0 Å². The fourth-order valence-electron chi connectivity index (χ4n) is 3.70. The predicted octanol–water partition coefficient (Wildman–Crippen LogP) is 4.73. The van der Waals surface area contributed by atoms with E-state index in [9.17, 15) is 19.0 Å². The van der Waals surface area contributed by atoms with Crippen LogP contribution in [0.15, 0.2) is 30.3 Å². The van der Waals surface area contributed by atoms with Gasteiger partial charge < -0.3 is 14.9 Å². The quantitative estimate of drug-likeness (QED) is 0.723. The summed E-state index contributed by atoms with van der Waals surface area (Å²) in [6.45, 7) is 1.79. The number of ether oxygens (including phenoxy) is 1. The average molecular weight is 411 g/mol. The van der Waals surface area contributed by atoms with Crippen molar-refractivity contribution in [1.29, 1.82) is 0 Å². The Kier molecular flexibility index (Phi) is 7.05. The highest BCUT2D eigenvalue weighted by atomic mass is 35.5. The van der Waals surface area contributed by atoms with Gasteiger partial charge in [0.2, 0.25) is 0 Å². The highest BCUT2D eigenvalue weighted by Crippen LogP contribution is 2.34. The van der Waals surface area contributed by atoms with Crippen molar-refractivity contribution >= 4 is 11.6 Å². The van der Waals surface area contributed by atoms with Crippen LogP contribution in [0.5, 0.6) is 0 Å². The minimum absolute atomic E-state index is 0.0169. The molecular formula is C22H25ClF2O3. The van der Waals surface area contributed by atoms with Gasteiger partial charge in [-0.05, 0) is 41.3 Å². The van der Waals surface area contributed by atoms with Gasteiger partial charge >= 0.3 is 0 Å². The Morgan fingerprint density at radius 2 is 1.86 bits per heavy atom. The second-order valence-corrected chi connectivity index (χ2v) is 7.78. The van der Waals surface area contributed by atoms with E-state index < -0.39 is 29.9 Å². The van der Waals surface area contributed by atoms with Crippen molar-refractivity contribution in [3.05, 3.63) is 69.2 Å². The molecule has 0 aromatic heterocycles. The lowest BCUT2D eigenvalue weighted by Gasteiger charge is -2.32. The number of halogens is 3. The third-order valence-electron chi connectivity index (χ3n) is 5.13. The molecule has 1 heterocycles. The molecule has 2 aromatic rings. The van der Waals surface area contributed by atoms with Crippen LogP contribution in [-0.2, 0) is 17.6 Å². The monoisotopic (exact) mass is 410 g/mol. The van der Waals surface area contributed by atoms with E-state index in [4.69, 9.17) is 16.3 Å². The molecule has 3 atom stereocenters. The number of hydrogen-bond donors (Lipinski definition) is 2. The Hall–Kier alpha value is -1.53. The molecule has 6 heteroatoms. The van der Waals surface area contributed by atoms with Gasteiger partial charge in [-0.1, -0.05) is 37.1 Å². The lowest BCUT2D eigenvalue weighted by atomic mass is 9.93. The Balaban J connectivity index is 1.86. The summed E-state index contributed by atoms with van der Waals surface area (Å²) < 4.78 is 34.8. The van der Waals surface area contributed by atoms with Gasteiger partial charge in [-0.15, -0.1) is 0 Å². The summed E-state index contributed by atoms with van der Waals surface area (Å²) in [5.74, 6) is -1.15. The molecule has 152 valence electrons. The second-order valence-electron chi connectivity index (χ2n) is 7.37. The van der Waals surface area contributed by atoms with Gasteiger partial charge in [-0.3, -0.25) is 0 Å². The zero-order valence-corrected chi connectivity index (χ0v) is 16.6. The molecule has 3 rings (SSSR count). The lowest BCUT2D eigenvalue weighted by molar-refractivity contribution is -0.113. The second kappa shape index (κ2) is 9.31. The molecule has 1 fully saturated rings. The van der Waals surface area contributed by atoms with Crippen LogP contribution in [-0.4, -0.2) is 29.0 Å². The highest BCUT2D eigenvalue weighted by Gasteiger charge is 2.29. The summed E-state index contributed by atoms with van der Waals surface area (Å²) in [5.41, 5.74) is 1.97. The summed E-state index contributed by atoms with van der Waals surface area (Å²) in [7, 11) is 0. The van der Waals surface area contributed by atoms with E-state index in [1.807, 2.05) is 6.92 Å². The normalized spacial score (nSPS) is 22.4. The maximum absolute atomic E-state index is 14.5. The van der Waals surface area contributed by atoms with Crippen molar-refractivity contribution in [2.45, 2.75) is 57.3 Å². The Morgan fingerprint density at radius 3 is 2.50 bits per heavy atom. The third-order valence-corrected chi connectivity index (χ3v) is 5.50. The van der Waals surface area contributed by atoms with E-state index in [0.717, 1.165) is 12.0 Å². The van der Waals surface area contributed by atoms with Crippen LogP contribution in [0.4, 0.5) is 8.78 Å². The number of aliphatic hydroxyl groups is 2. The zero-order valence-electron chi connectivity index (χ0n) is 15.8. The highest BCUT2D eigenvalue weighted by molar-refractivity contribution is 6.31. The van der Waals surface area contributed by atoms with Gasteiger partial charge in [0.25, 0.3) is 0 Å². The summed E-state index contributed by atoms with van der Waals surface area (Å²) >= 11 is 6.28. The Labute approximate surface area is 168 Å². The molecule has 1 aliphatic heterocycles. The van der Waals surface area contributed by atoms with Gasteiger partial charge in [-0.2, -0.15) is 0 Å². The molecule has 2 aromatic carbocycles. The number of aliphatic hydroxyl groups excluding tert-OH is 2. The average Bonchev–Trinajstić information content (AvgIpc) is 2.65. The van der Waals surface area contributed by atoms with Crippen molar-refractivity contribution in [2.24, 2.45) is 0 Å². The lowest BCUT2D eigenvalue weighted by Crippen LogP contribution is -2.33. The van der Waals surface area contributed by atoms with E-state index in [2.05, 4.69) is 0 Å². The van der Waals surface area contributed by atoms with Gasteiger partial charge in [-0.25, -0.2) is 8.78 Å². The van der Waals surface area contributed by atoms with Crippen molar-refractivity contribution in [2.75, 3.05) is 6.61 Å². The smallest absolute Gasteiger partial charge is 0.129 e. The topological polar surface area (TPSA) is 49.7 Å². The van der Waals surface area contributed by atoms with Gasteiger partial charge in [0.05, 0.1) is 24.9 Å². The van der Waals surface area contributed by atoms with E-state index in [-0.39, 0.29) is 18.6 Å².